The SMILES string of the molecule is COC(=O)c1ccc(C)c(Br)c1.COC(=O)c1ccc(C)c(C(=O)O)c1.Cc1ccc(C(=O)NCC2CC2)cc1C(=O)Nc1ccc(N)nc1.Cc1ccc(C(=O)O)cc1C(=O)Nc1ccc(N)nc1.Cc1ccc(N)cn1.NCC1CC1. The van der Waals surface area contributed by atoms with Crippen molar-refractivity contribution >= 4 is 86.2 Å². The van der Waals surface area contributed by atoms with E-state index < -0.39 is 23.8 Å². The summed E-state index contributed by atoms with van der Waals surface area (Å²) in [6.45, 7) is 10.8. The van der Waals surface area contributed by atoms with Gasteiger partial charge in [0.2, 0.25) is 0 Å². The van der Waals surface area contributed by atoms with Crippen molar-refractivity contribution in [2.24, 2.45) is 17.6 Å². The lowest BCUT2D eigenvalue weighted by Crippen LogP contribution is -2.26. The number of nitrogen functional groups attached to an aromatic ring is 3. The highest BCUT2D eigenvalue weighted by Gasteiger charge is 2.23. The molecule has 0 atom stereocenters. The Labute approximate surface area is 489 Å². The summed E-state index contributed by atoms with van der Waals surface area (Å²) in [4.78, 5) is 92.3. The van der Waals surface area contributed by atoms with Gasteiger partial charge in [-0.3, -0.25) is 19.4 Å². The molecule has 2 aliphatic carbocycles. The lowest BCUT2D eigenvalue weighted by molar-refractivity contribution is 0.0591. The van der Waals surface area contributed by atoms with E-state index in [9.17, 15) is 33.6 Å². The van der Waals surface area contributed by atoms with Crippen molar-refractivity contribution in [2.75, 3.05) is 55.1 Å². The van der Waals surface area contributed by atoms with Gasteiger partial charge in [-0.05, 0) is 186 Å². The van der Waals surface area contributed by atoms with Gasteiger partial charge in [-0.25, -0.2) is 29.1 Å². The normalized spacial score (nSPS) is 11.6. The summed E-state index contributed by atoms with van der Waals surface area (Å²) in [7, 11) is 2.62. The summed E-state index contributed by atoms with van der Waals surface area (Å²) < 4.78 is 9.97. The smallest absolute Gasteiger partial charge is 0.337 e. The highest BCUT2D eigenvalue weighted by molar-refractivity contribution is 9.10. The first-order chi connectivity index (χ1) is 39.4. The number of amides is 3. The number of ether oxygens (including phenoxy) is 2. The molecule has 7 aromatic rings. The molecule has 0 spiro atoms. The zero-order chi connectivity index (χ0) is 61.3. The van der Waals surface area contributed by atoms with Crippen molar-refractivity contribution in [1.29, 1.82) is 0 Å². The molecule has 0 unspecified atom stereocenters. The summed E-state index contributed by atoms with van der Waals surface area (Å²) >= 11 is 3.34. The van der Waals surface area contributed by atoms with Gasteiger partial charge in [0, 0.05) is 33.4 Å². The standard InChI is InChI=1S/C18H20N4O2.C14H13N3O3.C10H10O4.C9H9BrO2.C6H8N2.C4H9N/c1-11-2-5-13(17(23)21-9-12-3-4-12)8-15(11)18(24)22-14-6-7-16(19)20-10-14;1-8-2-3-9(14(19)20)6-11(8)13(18)17-10-4-5-12(15)16-7-10;1-6-3-4-7(10(13)14-2)5-8(6)9(11)12;1-6-3-4-7(5-8(6)10)9(11)12-2;1-5-2-3-6(7)4-8-5;5-3-4-1-2-4/h2,5-8,10,12H,3-4,9H2,1H3,(H2,19,20)(H,21,23)(H,22,24);2-7H,1H3,(H2,15,16)(H,17,18)(H,19,20);3-5H,1-2H3,(H,11,12);3-5H,1-2H3;2-4H,7H2,1H3;4H,1-3,5H2. The van der Waals surface area contributed by atoms with E-state index in [2.05, 4.69) is 56.3 Å². The van der Waals surface area contributed by atoms with E-state index in [1.807, 2.05) is 39.0 Å². The minimum absolute atomic E-state index is 0.0659. The van der Waals surface area contributed by atoms with Crippen LogP contribution in [0.25, 0.3) is 0 Å². The molecule has 4 aromatic carbocycles. The van der Waals surface area contributed by atoms with Crippen LogP contribution in [-0.4, -0.2) is 94.1 Å². The monoisotopic (exact) mass is 1200 g/mol. The molecule has 9 rings (SSSR count). The number of pyridine rings is 3. The number of carboxylic acids is 2. The van der Waals surface area contributed by atoms with Gasteiger partial charge in [0.25, 0.3) is 17.7 Å². The molecule has 21 nitrogen and oxygen atoms in total. The molecule has 22 heteroatoms. The number of rotatable bonds is 12. The van der Waals surface area contributed by atoms with Gasteiger partial charge >= 0.3 is 23.9 Å². The number of benzene rings is 4. The molecule has 2 aliphatic rings. The molecule has 3 amide bonds. The van der Waals surface area contributed by atoms with Gasteiger partial charge in [0.1, 0.15) is 11.6 Å². The number of esters is 2. The van der Waals surface area contributed by atoms with Gasteiger partial charge in [0.15, 0.2) is 0 Å². The van der Waals surface area contributed by atoms with Crippen molar-refractivity contribution < 1.29 is 53.2 Å². The Morgan fingerprint density at radius 2 is 0.964 bits per heavy atom. The van der Waals surface area contributed by atoms with Gasteiger partial charge in [-0.2, -0.15) is 0 Å². The zero-order valence-corrected chi connectivity index (χ0v) is 48.7. The van der Waals surface area contributed by atoms with Crippen molar-refractivity contribution in [1.82, 2.24) is 20.3 Å². The Morgan fingerprint density at radius 3 is 1.35 bits per heavy atom. The quantitative estimate of drug-likeness (QED) is 0.0514. The Balaban J connectivity index is 0.000000226. The summed E-state index contributed by atoms with van der Waals surface area (Å²) in [5, 5.41) is 26.1. The number of nitrogens with one attached hydrogen (secondary N) is 3. The Bertz CT molecular complexity index is 3350. The topological polar surface area (TPSA) is 357 Å². The van der Waals surface area contributed by atoms with Crippen LogP contribution in [0.1, 0.15) is 126 Å². The molecule has 0 aliphatic heterocycles. The number of carbonyl (C=O) groups excluding carboxylic acids is 5. The Hall–Kier alpha value is -9.54. The second kappa shape index (κ2) is 32.6. The zero-order valence-electron chi connectivity index (χ0n) is 47.1. The molecule has 83 heavy (non-hydrogen) atoms. The molecule has 2 fully saturated rings. The molecule has 436 valence electrons. The molecule has 13 N–H and O–H groups in total. The molecular formula is C61H69BrN10O11. The molecule has 3 aromatic heterocycles. The highest BCUT2D eigenvalue weighted by atomic mass is 79.9. The van der Waals surface area contributed by atoms with Crippen LogP contribution >= 0.6 is 15.9 Å². The van der Waals surface area contributed by atoms with Gasteiger partial charge in [-0.15, -0.1) is 0 Å². The summed E-state index contributed by atoms with van der Waals surface area (Å²) in [6.07, 6.45) is 9.70. The first-order valence-corrected chi connectivity index (χ1v) is 26.7. The lowest BCUT2D eigenvalue weighted by Gasteiger charge is -2.10. The molecular weight excluding hydrogens is 1130 g/mol. The van der Waals surface area contributed by atoms with Crippen LogP contribution < -0.4 is 38.9 Å². The van der Waals surface area contributed by atoms with E-state index in [1.165, 1.54) is 76.6 Å². The number of hydrogen-bond acceptors (Lipinski definition) is 16. The van der Waals surface area contributed by atoms with E-state index in [1.54, 1.807) is 86.8 Å². The number of methoxy groups -OCH3 is 2. The van der Waals surface area contributed by atoms with Crippen LogP contribution in [0.15, 0.2) is 132 Å². The van der Waals surface area contributed by atoms with Crippen molar-refractivity contribution in [3.8, 4) is 0 Å². The second-order valence-electron chi connectivity index (χ2n) is 19.1. The number of aryl methyl sites for hydroxylation is 5. The fourth-order valence-corrected chi connectivity index (χ4v) is 7.17. The van der Waals surface area contributed by atoms with E-state index in [0.29, 0.717) is 68.9 Å². The van der Waals surface area contributed by atoms with Crippen LogP contribution in [0.4, 0.5) is 28.7 Å². The fraction of sp³-hybridized carbons (Fsp3) is 0.246. The number of aromatic nitrogens is 3. The van der Waals surface area contributed by atoms with E-state index >= 15 is 0 Å². The third kappa shape index (κ3) is 22.9. The number of nitrogens with two attached hydrogens (primary N) is 4. The molecule has 2 saturated carbocycles. The van der Waals surface area contributed by atoms with Crippen LogP contribution in [0.5, 0.6) is 0 Å². The molecule has 0 radical (unpaired) electrons. The van der Waals surface area contributed by atoms with E-state index in [0.717, 1.165) is 39.4 Å². The third-order valence-corrected chi connectivity index (χ3v) is 13.1. The lowest BCUT2D eigenvalue weighted by atomic mass is 10.0. The number of carboxylic acid groups (broad SMARTS) is 2. The first kappa shape index (κ1) is 66.0. The van der Waals surface area contributed by atoms with E-state index in [-0.39, 0.29) is 34.5 Å². The maximum atomic E-state index is 12.5. The number of nitrogens with zero attached hydrogens (tertiary/aromatic N) is 3. The van der Waals surface area contributed by atoms with Crippen molar-refractivity contribution in [3.63, 3.8) is 0 Å². The van der Waals surface area contributed by atoms with Gasteiger partial charge in [-0.1, -0.05) is 40.2 Å². The van der Waals surface area contributed by atoms with Crippen molar-refractivity contribution in [3.05, 3.63) is 199 Å². The number of anilines is 5. The minimum Gasteiger partial charge on any atom is -0.478 e. The maximum Gasteiger partial charge on any atom is 0.337 e. The summed E-state index contributed by atoms with van der Waals surface area (Å²) in [5.74, 6) is -1.52. The van der Waals surface area contributed by atoms with Crippen molar-refractivity contribution in [2.45, 2.75) is 60.3 Å². The third-order valence-electron chi connectivity index (χ3n) is 12.3. The minimum atomic E-state index is -1.08. The molecule has 3 heterocycles. The van der Waals surface area contributed by atoms with Crippen LogP contribution in [0, 0.1) is 46.5 Å². The predicted octanol–water partition coefficient (Wildman–Crippen LogP) is 9.64. The first-order valence-electron chi connectivity index (χ1n) is 25.9. The number of hydrogen-bond donors (Lipinski definition) is 9. The highest BCUT2D eigenvalue weighted by Crippen LogP contribution is 2.28. The average Bonchev–Trinajstić information content (AvgIpc) is 4.62. The average molecular weight is 1200 g/mol. The number of carbonyl (C=O) groups is 7. The maximum absolute atomic E-state index is 12.5. The van der Waals surface area contributed by atoms with Crippen LogP contribution in [-0.2, 0) is 9.47 Å². The molecule has 0 saturated heterocycles. The van der Waals surface area contributed by atoms with Gasteiger partial charge in [0.05, 0.1) is 72.1 Å². The summed E-state index contributed by atoms with van der Waals surface area (Å²) in [6, 6.07) is 29.5. The van der Waals surface area contributed by atoms with Crippen LogP contribution in [0.3, 0.4) is 0 Å². The Kier molecular flexibility index (Phi) is 26.0. The number of aromatic carboxylic acids is 2. The summed E-state index contributed by atoms with van der Waals surface area (Å²) in [5.41, 5.74) is 29.8. The number of halogens is 1. The second-order valence-corrected chi connectivity index (χ2v) is 19.9. The largest absolute Gasteiger partial charge is 0.478 e. The predicted molar refractivity (Wildman–Crippen MR) is 322 cm³/mol. The van der Waals surface area contributed by atoms with Gasteiger partial charge < -0.3 is 58.6 Å². The Morgan fingerprint density at radius 1 is 0.518 bits per heavy atom. The van der Waals surface area contributed by atoms with E-state index in [4.69, 9.17) is 33.1 Å². The fourth-order valence-electron chi connectivity index (χ4n) is 6.79. The molecule has 0 bridgehead atoms. The van der Waals surface area contributed by atoms with Crippen LogP contribution in [0.2, 0.25) is 0 Å².